The maximum atomic E-state index is 11.0. The van der Waals surface area contributed by atoms with Crippen molar-refractivity contribution in [2.45, 2.75) is 12.8 Å². The van der Waals surface area contributed by atoms with Gasteiger partial charge in [-0.3, -0.25) is 4.79 Å². The smallest absolute Gasteiger partial charge is 0.308 e. The molecular weight excluding hydrogens is 218 g/mol. The average Bonchev–Trinajstić information content (AvgIpc) is 2.39. The maximum absolute atomic E-state index is 11.0. The number of carboxylic acids is 1. The van der Waals surface area contributed by atoms with E-state index in [0.717, 1.165) is 30.8 Å². The molecule has 92 valence electrons. The number of aliphatic carboxylic acids is 1. The van der Waals surface area contributed by atoms with Gasteiger partial charge in [0.1, 0.15) is 5.75 Å². The number of piperidine rings is 1. The van der Waals surface area contributed by atoms with E-state index in [2.05, 4.69) is 4.90 Å². The predicted octanol–water partition coefficient (Wildman–Crippen LogP) is 2.00. The van der Waals surface area contributed by atoms with E-state index in [1.54, 1.807) is 7.11 Å². The van der Waals surface area contributed by atoms with E-state index in [1.807, 2.05) is 24.3 Å². The van der Waals surface area contributed by atoms with Crippen LogP contribution in [0.15, 0.2) is 24.3 Å². The molecule has 1 aliphatic rings. The predicted molar refractivity (Wildman–Crippen MR) is 65.6 cm³/mol. The van der Waals surface area contributed by atoms with Crippen molar-refractivity contribution in [3.8, 4) is 5.75 Å². The van der Waals surface area contributed by atoms with Crippen LogP contribution in [0.2, 0.25) is 0 Å². The second-order valence-electron chi connectivity index (χ2n) is 4.32. The summed E-state index contributed by atoms with van der Waals surface area (Å²) in [6.45, 7) is 1.50. The zero-order chi connectivity index (χ0) is 12.3. The first-order valence-electron chi connectivity index (χ1n) is 5.82. The highest BCUT2D eigenvalue weighted by atomic mass is 16.5. The molecule has 1 N–H and O–H groups in total. The fourth-order valence-electron chi connectivity index (χ4n) is 2.22. The second-order valence-corrected chi connectivity index (χ2v) is 4.32. The second kappa shape index (κ2) is 5.08. The summed E-state index contributed by atoms with van der Waals surface area (Å²) >= 11 is 0. The standard InChI is InChI=1S/C13H17NO3/c1-17-12-6-2-5-11(8-12)14-7-3-4-10(9-14)13(15)16/h2,5-6,8,10H,3-4,7,9H2,1H3,(H,15,16). The Morgan fingerprint density at radius 2 is 2.35 bits per heavy atom. The molecule has 0 radical (unpaired) electrons. The first kappa shape index (κ1) is 11.8. The third-order valence-electron chi connectivity index (χ3n) is 3.19. The van der Waals surface area contributed by atoms with Crippen molar-refractivity contribution in [3.05, 3.63) is 24.3 Å². The lowest BCUT2D eigenvalue weighted by Crippen LogP contribution is -2.38. The highest BCUT2D eigenvalue weighted by molar-refractivity contribution is 5.71. The number of carboxylic acid groups (broad SMARTS) is 1. The Balaban J connectivity index is 2.13. The minimum Gasteiger partial charge on any atom is -0.497 e. The van der Waals surface area contributed by atoms with Crippen molar-refractivity contribution < 1.29 is 14.6 Å². The van der Waals surface area contributed by atoms with Gasteiger partial charge in [-0.05, 0) is 25.0 Å². The van der Waals surface area contributed by atoms with E-state index >= 15 is 0 Å². The molecule has 0 aromatic heterocycles. The summed E-state index contributed by atoms with van der Waals surface area (Å²) < 4.78 is 5.18. The van der Waals surface area contributed by atoms with Gasteiger partial charge in [-0.15, -0.1) is 0 Å². The summed E-state index contributed by atoms with van der Waals surface area (Å²) in [5.74, 6) is -0.146. The maximum Gasteiger partial charge on any atom is 0.308 e. The summed E-state index contributed by atoms with van der Waals surface area (Å²) in [4.78, 5) is 13.1. The zero-order valence-electron chi connectivity index (χ0n) is 9.93. The molecule has 1 heterocycles. The van der Waals surface area contributed by atoms with E-state index in [0.29, 0.717) is 6.54 Å². The van der Waals surface area contributed by atoms with Gasteiger partial charge in [0.25, 0.3) is 0 Å². The summed E-state index contributed by atoms with van der Waals surface area (Å²) in [5, 5.41) is 9.05. The zero-order valence-corrected chi connectivity index (χ0v) is 9.93. The van der Waals surface area contributed by atoms with Crippen LogP contribution in [-0.2, 0) is 4.79 Å². The number of hydrogen-bond donors (Lipinski definition) is 1. The number of anilines is 1. The molecule has 0 aliphatic carbocycles. The molecule has 1 aromatic carbocycles. The van der Waals surface area contributed by atoms with Gasteiger partial charge < -0.3 is 14.7 Å². The van der Waals surface area contributed by atoms with Gasteiger partial charge in [0, 0.05) is 24.8 Å². The quantitative estimate of drug-likeness (QED) is 0.870. The minimum atomic E-state index is -0.697. The third-order valence-corrected chi connectivity index (χ3v) is 3.19. The highest BCUT2D eigenvalue weighted by Crippen LogP contribution is 2.26. The lowest BCUT2D eigenvalue weighted by Gasteiger charge is -2.32. The van der Waals surface area contributed by atoms with Crippen LogP contribution in [0, 0.1) is 5.92 Å². The van der Waals surface area contributed by atoms with Crippen molar-refractivity contribution in [1.29, 1.82) is 0 Å². The number of nitrogens with zero attached hydrogens (tertiary/aromatic N) is 1. The number of carbonyl (C=O) groups is 1. The van der Waals surface area contributed by atoms with Crippen molar-refractivity contribution >= 4 is 11.7 Å². The highest BCUT2D eigenvalue weighted by Gasteiger charge is 2.25. The number of methoxy groups -OCH3 is 1. The van der Waals surface area contributed by atoms with Crippen molar-refractivity contribution in [2.75, 3.05) is 25.1 Å². The van der Waals surface area contributed by atoms with E-state index < -0.39 is 5.97 Å². The molecule has 1 fully saturated rings. The van der Waals surface area contributed by atoms with Crippen LogP contribution >= 0.6 is 0 Å². The fraction of sp³-hybridized carbons (Fsp3) is 0.462. The van der Waals surface area contributed by atoms with E-state index in [4.69, 9.17) is 9.84 Å². The van der Waals surface area contributed by atoms with Crippen molar-refractivity contribution in [3.63, 3.8) is 0 Å². The Morgan fingerprint density at radius 1 is 1.53 bits per heavy atom. The third kappa shape index (κ3) is 2.70. The first-order valence-corrected chi connectivity index (χ1v) is 5.82. The largest absolute Gasteiger partial charge is 0.497 e. The molecule has 0 spiro atoms. The molecule has 4 heteroatoms. The SMILES string of the molecule is COc1cccc(N2CCCC(C(=O)O)C2)c1. The van der Waals surface area contributed by atoms with Gasteiger partial charge >= 0.3 is 5.97 Å². The van der Waals surface area contributed by atoms with Gasteiger partial charge in [-0.2, -0.15) is 0 Å². The van der Waals surface area contributed by atoms with Crippen LogP contribution in [0.1, 0.15) is 12.8 Å². The van der Waals surface area contributed by atoms with Gasteiger partial charge in [0.2, 0.25) is 0 Å². The van der Waals surface area contributed by atoms with Crippen LogP contribution < -0.4 is 9.64 Å². The molecule has 1 saturated heterocycles. The molecule has 1 aliphatic heterocycles. The van der Waals surface area contributed by atoms with E-state index in [9.17, 15) is 4.79 Å². The average molecular weight is 235 g/mol. The summed E-state index contributed by atoms with van der Waals surface area (Å²) in [6, 6.07) is 7.76. The van der Waals surface area contributed by atoms with Gasteiger partial charge in [0.05, 0.1) is 13.0 Å². The van der Waals surface area contributed by atoms with Crippen LogP contribution in [0.25, 0.3) is 0 Å². The minimum absolute atomic E-state index is 0.255. The summed E-state index contributed by atoms with van der Waals surface area (Å²) in [6.07, 6.45) is 1.70. The molecule has 0 saturated carbocycles. The van der Waals surface area contributed by atoms with Gasteiger partial charge in [0.15, 0.2) is 0 Å². The molecule has 1 atom stereocenters. The van der Waals surface area contributed by atoms with Gasteiger partial charge in [-0.25, -0.2) is 0 Å². The molecule has 1 aromatic rings. The Morgan fingerprint density at radius 3 is 3.06 bits per heavy atom. The van der Waals surface area contributed by atoms with Crippen molar-refractivity contribution in [2.24, 2.45) is 5.92 Å². The first-order chi connectivity index (χ1) is 8.20. The molecule has 17 heavy (non-hydrogen) atoms. The molecule has 1 unspecified atom stereocenters. The topological polar surface area (TPSA) is 49.8 Å². The van der Waals surface area contributed by atoms with E-state index in [-0.39, 0.29) is 5.92 Å². The van der Waals surface area contributed by atoms with Crippen LogP contribution in [0.5, 0.6) is 5.75 Å². The molecule has 2 rings (SSSR count). The molecule has 0 bridgehead atoms. The lowest BCUT2D eigenvalue weighted by atomic mass is 9.98. The number of ether oxygens (including phenoxy) is 1. The number of benzene rings is 1. The number of rotatable bonds is 3. The lowest BCUT2D eigenvalue weighted by molar-refractivity contribution is -0.141. The fourth-order valence-corrected chi connectivity index (χ4v) is 2.22. The molecule has 4 nitrogen and oxygen atoms in total. The summed E-state index contributed by atoms with van der Waals surface area (Å²) in [5.41, 5.74) is 1.04. The molecular formula is C13H17NO3. The normalized spacial score (nSPS) is 20.1. The van der Waals surface area contributed by atoms with Crippen molar-refractivity contribution in [1.82, 2.24) is 0 Å². The Hall–Kier alpha value is -1.71. The Bertz CT molecular complexity index is 405. The Labute approximate surface area is 101 Å². The summed E-state index contributed by atoms with van der Waals surface area (Å²) in [7, 11) is 1.63. The van der Waals surface area contributed by atoms with Crippen LogP contribution in [0.3, 0.4) is 0 Å². The van der Waals surface area contributed by atoms with Crippen LogP contribution in [0.4, 0.5) is 5.69 Å². The van der Waals surface area contributed by atoms with Gasteiger partial charge in [-0.1, -0.05) is 6.07 Å². The number of hydrogen-bond acceptors (Lipinski definition) is 3. The van der Waals surface area contributed by atoms with Crippen LogP contribution in [-0.4, -0.2) is 31.3 Å². The Kier molecular flexibility index (Phi) is 3.52. The molecule has 0 amide bonds. The van der Waals surface area contributed by atoms with E-state index in [1.165, 1.54) is 0 Å². The monoisotopic (exact) mass is 235 g/mol.